The molecule has 4 aromatic heterocycles. The van der Waals surface area contributed by atoms with Crippen molar-refractivity contribution >= 4 is 16.6 Å². The van der Waals surface area contributed by atoms with Crippen molar-refractivity contribution < 1.29 is 4.52 Å². The van der Waals surface area contributed by atoms with Crippen LogP contribution in [0.3, 0.4) is 0 Å². The molecular weight excluding hydrogens is 322 g/mol. The van der Waals surface area contributed by atoms with Crippen molar-refractivity contribution in [3.8, 4) is 22.7 Å². The lowest BCUT2D eigenvalue weighted by molar-refractivity contribution is 0.426. The van der Waals surface area contributed by atoms with Gasteiger partial charge in [0.05, 0.1) is 17.4 Å². The molecule has 1 aromatic carbocycles. The smallest absolute Gasteiger partial charge is 0.273 e. The van der Waals surface area contributed by atoms with Crippen molar-refractivity contribution in [3.05, 3.63) is 52.8 Å². The van der Waals surface area contributed by atoms with Gasteiger partial charge in [-0.2, -0.15) is 10.1 Å². The van der Waals surface area contributed by atoms with Gasteiger partial charge < -0.3 is 4.52 Å². The van der Waals surface area contributed by atoms with Crippen molar-refractivity contribution in [2.45, 2.75) is 6.92 Å². The van der Waals surface area contributed by atoms with E-state index < -0.39 is 0 Å². The molecule has 0 spiro atoms. The Labute approximate surface area is 139 Å². The lowest BCUT2D eigenvalue weighted by atomic mass is 10.1. The molecule has 0 aliphatic carbocycles. The molecule has 25 heavy (non-hydrogen) atoms. The maximum Gasteiger partial charge on any atom is 0.273 e. The van der Waals surface area contributed by atoms with Gasteiger partial charge in [-0.25, -0.2) is 9.50 Å². The fraction of sp³-hybridized carbons (Fsp3) is 0.0625. The summed E-state index contributed by atoms with van der Waals surface area (Å²) in [5, 5.41) is 14.5. The van der Waals surface area contributed by atoms with Crippen LogP contribution in [0.5, 0.6) is 0 Å². The zero-order valence-electron chi connectivity index (χ0n) is 13.0. The summed E-state index contributed by atoms with van der Waals surface area (Å²) >= 11 is 0. The second kappa shape index (κ2) is 4.87. The number of rotatable bonds is 2. The standard InChI is InChI=1S/C16H11N7O2/c1-8-19-16(25-22-8)11-7-18-23-14(24)5-13(20-15(11)23)9-2-3-12-10(4-9)6-17-21-12/h2-7,18H,1H3,(H,17,21). The van der Waals surface area contributed by atoms with E-state index in [0.29, 0.717) is 28.6 Å². The minimum absolute atomic E-state index is 0.227. The van der Waals surface area contributed by atoms with Gasteiger partial charge in [0.15, 0.2) is 11.5 Å². The summed E-state index contributed by atoms with van der Waals surface area (Å²) in [6.07, 6.45) is 3.35. The first-order valence-electron chi connectivity index (χ1n) is 7.54. The monoisotopic (exact) mass is 333 g/mol. The minimum atomic E-state index is -0.227. The molecule has 9 nitrogen and oxygen atoms in total. The molecule has 0 atom stereocenters. The predicted octanol–water partition coefficient (Wildman–Crippen LogP) is 1.92. The van der Waals surface area contributed by atoms with Gasteiger partial charge in [0.25, 0.3) is 11.4 Å². The highest BCUT2D eigenvalue weighted by atomic mass is 16.5. The lowest BCUT2D eigenvalue weighted by Crippen LogP contribution is -2.14. The third kappa shape index (κ3) is 2.06. The summed E-state index contributed by atoms with van der Waals surface area (Å²) in [5.41, 5.74) is 3.08. The number of nitrogens with one attached hydrogen (secondary N) is 2. The van der Waals surface area contributed by atoms with Gasteiger partial charge >= 0.3 is 0 Å². The first-order chi connectivity index (χ1) is 12.2. The zero-order chi connectivity index (χ0) is 17.0. The van der Waals surface area contributed by atoms with Gasteiger partial charge in [-0.3, -0.25) is 15.0 Å². The number of nitrogens with zero attached hydrogens (tertiary/aromatic N) is 5. The van der Waals surface area contributed by atoms with E-state index in [-0.39, 0.29) is 5.56 Å². The van der Waals surface area contributed by atoms with Crippen LogP contribution < -0.4 is 5.56 Å². The van der Waals surface area contributed by atoms with Crippen molar-refractivity contribution in [1.29, 1.82) is 0 Å². The third-order valence-electron chi connectivity index (χ3n) is 3.99. The molecule has 4 heterocycles. The largest absolute Gasteiger partial charge is 0.334 e. The highest BCUT2D eigenvalue weighted by Crippen LogP contribution is 2.25. The lowest BCUT2D eigenvalue weighted by Gasteiger charge is -2.02. The fourth-order valence-electron chi connectivity index (χ4n) is 2.80. The highest BCUT2D eigenvalue weighted by molar-refractivity contribution is 5.84. The molecule has 0 unspecified atom stereocenters. The van der Waals surface area contributed by atoms with Crippen LogP contribution in [0.1, 0.15) is 5.82 Å². The van der Waals surface area contributed by atoms with Crippen LogP contribution in [0.2, 0.25) is 0 Å². The molecule has 0 bridgehead atoms. The average Bonchev–Trinajstić information content (AvgIpc) is 3.32. The molecule has 0 saturated carbocycles. The average molecular weight is 333 g/mol. The summed E-state index contributed by atoms with van der Waals surface area (Å²) in [7, 11) is 0. The molecule has 0 saturated heterocycles. The number of benzene rings is 1. The van der Waals surface area contributed by atoms with Crippen molar-refractivity contribution in [1.82, 2.24) is 34.9 Å². The van der Waals surface area contributed by atoms with Crippen LogP contribution in [0.25, 0.3) is 39.3 Å². The molecule has 5 aromatic rings. The van der Waals surface area contributed by atoms with Gasteiger partial charge in [0, 0.05) is 23.2 Å². The van der Waals surface area contributed by atoms with E-state index in [1.807, 2.05) is 18.2 Å². The van der Waals surface area contributed by atoms with Gasteiger partial charge in [0.2, 0.25) is 0 Å². The van der Waals surface area contributed by atoms with Gasteiger partial charge in [-0.15, -0.1) is 0 Å². The van der Waals surface area contributed by atoms with E-state index in [4.69, 9.17) is 4.52 Å². The summed E-state index contributed by atoms with van der Waals surface area (Å²) in [4.78, 5) is 21.3. The maximum absolute atomic E-state index is 12.4. The number of hydrogen-bond acceptors (Lipinski definition) is 6. The number of aryl methyl sites for hydroxylation is 1. The quantitative estimate of drug-likeness (QED) is 0.509. The van der Waals surface area contributed by atoms with Crippen LogP contribution in [0.15, 0.2) is 46.0 Å². The Balaban J connectivity index is 1.75. The third-order valence-corrected chi connectivity index (χ3v) is 3.99. The Morgan fingerprint density at radius 1 is 1.20 bits per heavy atom. The number of aromatic nitrogens is 7. The number of aromatic amines is 2. The number of hydrogen-bond donors (Lipinski definition) is 2. The molecular formula is C16H11N7O2. The summed E-state index contributed by atoms with van der Waals surface area (Å²) in [6.45, 7) is 1.73. The molecule has 9 heteroatoms. The van der Waals surface area contributed by atoms with E-state index in [1.165, 1.54) is 10.6 Å². The topological polar surface area (TPSA) is 118 Å². The second-order valence-corrected chi connectivity index (χ2v) is 5.64. The molecule has 0 fully saturated rings. The van der Waals surface area contributed by atoms with Crippen LogP contribution in [0.4, 0.5) is 0 Å². The molecule has 0 radical (unpaired) electrons. The highest BCUT2D eigenvalue weighted by Gasteiger charge is 2.16. The van der Waals surface area contributed by atoms with E-state index in [2.05, 4.69) is 30.4 Å². The Morgan fingerprint density at radius 3 is 2.96 bits per heavy atom. The second-order valence-electron chi connectivity index (χ2n) is 5.64. The Morgan fingerprint density at radius 2 is 2.12 bits per heavy atom. The van der Waals surface area contributed by atoms with Crippen molar-refractivity contribution in [2.24, 2.45) is 0 Å². The fourth-order valence-corrected chi connectivity index (χ4v) is 2.80. The first kappa shape index (κ1) is 13.7. The summed E-state index contributed by atoms with van der Waals surface area (Å²) < 4.78 is 6.54. The first-order valence-corrected chi connectivity index (χ1v) is 7.54. The summed E-state index contributed by atoms with van der Waals surface area (Å²) in [5.74, 6) is 0.823. The summed E-state index contributed by atoms with van der Waals surface area (Å²) in [6, 6.07) is 7.20. The Hall–Kier alpha value is -3.75. The number of fused-ring (bicyclic) bond motifs is 2. The van der Waals surface area contributed by atoms with Crippen LogP contribution in [-0.4, -0.2) is 34.9 Å². The van der Waals surface area contributed by atoms with Gasteiger partial charge in [-0.1, -0.05) is 11.2 Å². The maximum atomic E-state index is 12.4. The van der Waals surface area contributed by atoms with Gasteiger partial charge in [0.1, 0.15) is 5.56 Å². The van der Waals surface area contributed by atoms with Crippen LogP contribution in [0, 0.1) is 6.92 Å². The molecule has 122 valence electrons. The predicted molar refractivity (Wildman–Crippen MR) is 88.9 cm³/mol. The number of H-pyrrole nitrogens is 2. The van der Waals surface area contributed by atoms with Crippen molar-refractivity contribution in [3.63, 3.8) is 0 Å². The van der Waals surface area contributed by atoms with E-state index in [0.717, 1.165) is 16.5 Å². The minimum Gasteiger partial charge on any atom is -0.334 e. The van der Waals surface area contributed by atoms with E-state index in [1.54, 1.807) is 19.3 Å². The molecule has 0 amide bonds. The molecule has 2 N–H and O–H groups in total. The van der Waals surface area contributed by atoms with Crippen molar-refractivity contribution in [2.75, 3.05) is 0 Å². The van der Waals surface area contributed by atoms with E-state index >= 15 is 0 Å². The normalized spacial score (nSPS) is 11.6. The van der Waals surface area contributed by atoms with Crippen LogP contribution in [-0.2, 0) is 0 Å². The Bertz CT molecular complexity index is 1290. The van der Waals surface area contributed by atoms with E-state index in [9.17, 15) is 4.79 Å². The van der Waals surface area contributed by atoms with Gasteiger partial charge in [-0.05, 0) is 19.1 Å². The molecule has 0 aliphatic heterocycles. The SMILES string of the molecule is Cc1noc(-c2c[nH]n3c(=O)cc(-c4ccc5[nH]ncc5c4)nc23)n1. The van der Waals surface area contributed by atoms with Crippen LogP contribution >= 0.6 is 0 Å². The molecule has 5 rings (SSSR count). The molecule has 0 aliphatic rings. The Kier molecular flexibility index (Phi) is 2.66. The zero-order valence-corrected chi connectivity index (χ0v) is 13.0.